The average Bonchev–Trinajstić information content (AvgIpc) is 2.54. The molecule has 0 radical (unpaired) electrons. The van der Waals surface area contributed by atoms with Crippen molar-refractivity contribution < 1.29 is 14.6 Å². The van der Waals surface area contributed by atoms with Crippen LogP contribution in [0.15, 0.2) is 48.5 Å². The molecule has 0 fully saturated rings. The molecule has 1 atom stereocenters. The molecule has 0 aliphatic carbocycles. The fourth-order valence-electron chi connectivity index (χ4n) is 2.34. The molecule has 2 rings (SSSR count). The predicted molar refractivity (Wildman–Crippen MR) is 84.2 cm³/mol. The van der Waals surface area contributed by atoms with Crippen molar-refractivity contribution in [3.8, 4) is 11.5 Å². The van der Waals surface area contributed by atoms with E-state index < -0.39 is 6.10 Å². The number of anilines is 1. The van der Waals surface area contributed by atoms with Gasteiger partial charge >= 0.3 is 0 Å². The Labute approximate surface area is 125 Å². The van der Waals surface area contributed by atoms with Crippen LogP contribution in [-0.4, -0.2) is 32.9 Å². The molecule has 0 heterocycles. The number of hydrogen-bond donors (Lipinski definition) is 1. The zero-order chi connectivity index (χ0) is 15.2. The first kappa shape index (κ1) is 15.2. The number of hydrogen-bond acceptors (Lipinski definition) is 4. The van der Waals surface area contributed by atoms with Gasteiger partial charge in [0.25, 0.3) is 0 Å². The maximum absolute atomic E-state index is 10.5. The van der Waals surface area contributed by atoms with Gasteiger partial charge in [-0.05, 0) is 18.2 Å². The Morgan fingerprint density at radius 3 is 2.19 bits per heavy atom. The molecule has 0 saturated carbocycles. The highest BCUT2D eigenvalue weighted by molar-refractivity contribution is 5.58. The van der Waals surface area contributed by atoms with E-state index in [1.807, 2.05) is 60.5 Å². The molecule has 0 saturated heterocycles. The summed E-state index contributed by atoms with van der Waals surface area (Å²) >= 11 is 0. The van der Waals surface area contributed by atoms with Crippen molar-refractivity contribution in [2.24, 2.45) is 0 Å². The van der Waals surface area contributed by atoms with Crippen molar-refractivity contribution in [3.05, 3.63) is 54.1 Å². The predicted octanol–water partition coefficient (Wildman–Crippen LogP) is 2.87. The van der Waals surface area contributed by atoms with Crippen LogP contribution in [0.4, 0.5) is 5.69 Å². The number of benzene rings is 2. The monoisotopic (exact) mass is 287 g/mol. The smallest absolute Gasteiger partial charge is 0.142 e. The number of rotatable bonds is 6. The van der Waals surface area contributed by atoms with E-state index in [1.54, 1.807) is 14.2 Å². The maximum Gasteiger partial charge on any atom is 0.142 e. The summed E-state index contributed by atoms with van der Waals surface area (Å²) in [6, 6.07) is 15.2. The lowest BCUT2D eigenvalue weighted by Gasteiger charge is -2.25. The Hall–Kier alpha value is -2.20. The highest BCUT2D eigenvalue weighted by atomic mass is 16.5. The van der Waals surface area contributed by atoms with Crippen LogP contribution in [0.3, 0.4) is 0 Å². The lowest BCUT2D eigenvalue weighted by Crippen LogP contribution is -2.24. The van der Waals surface area contributed by atoms with Crippen molar-refractivity contribution in [3.63, 3.8) is 0 Å². The van der Waals surface area contributed by atoms with Crippen LogP contribution in [-0.2, 0) is 0 Å². The summed E-state index contributed by atoms with van der Waals surface area (Å²) in [5.41, 5.74) is 1.72. The second-order valence-corrected chi connectivity index (χ2v) is 4.81. The molecule has 1 unspecified atom stereocenters. The van der Waals surface area contributed by atoms with E-state index >= 15 is 0 Å². The third kappa shape index (κ3) is 3.47. The summed E-state index contributed by atoms with van der Waals surface area (Å²) in [4.78, 5) is 1.97. The van der Waals surface area contributed by atoms with Gasteiger partial charge in [-0.2, -0.15) is 0 Å². The van der Waals surface area contributed by atoms with Gasteiger partial charge in [0, 0.05) is 19.2 Å². The Bertz CT molecular complexity index is 534. The van der Waals surface area contributed by atoms with Crippen molar-refractivity contribution in [1.82, 2.24) is 0 Å². The molecule has 4 nitrogen and oxygen atoms in total. The highest BCUT2D eigenvalue weighted by Crippen LogP contribution is 2.30. The Morgan fingerprint density at radius 1 is 0.952 bits per heavy atom. The van der Waals surface area contributed by atoms with Crippen LogP contribution in [0.1, 0.15) is 11.7 Å². The largest absolute Gasteiger partial charge is 0.496 e. The Morgan fingerprint density at radius 2 is 1.52 bits per heavy atom. The maximum atomic E-state index is 10.5. The van der Waals surface area contributed by atoms with Gasteiger partial charge in [-0.3, -0.25) is 0 Å². The first-order valence-electron chi connectivity index (χ1n) is 6.82. The van der Waals surface area contributed by atoms with Crippen LogP contribution < -0.4 is 14.4 Å². The van der Waals surface area contributed by atoms with Crippen LogP contribution in [0.5, 0.6) is 11.5 Å². The van der Waals surface area contributed by atoms with Gasteiger partial charge in [0.1, 0.15) is 11.5 Å². The van der Waals surface area contributed by atoms with E-state index in [-0.39, 0.29) is 0 Å². The third-order valence-corrected chi connectivity index (χ3v) is 3.44. The zero-order valence-electron chi connectivity index (χ0n) is 12.6. The van der Waals surface area contributed by atoms with Gasteiger partial charge in [0.05, 0.1) is 26.0 Å². The van der Waals surface area contributed by atoms with Crippen LogP contribution in [0.25, 0.3) is 0 Å². The van der Waals surface area contributed by atoms with Gasteiger partial charge in [-0.1, -0.05) is 30.3 Å². The first-order chi connectivity index (χ1) is 10.2. The van der Waals surface area contributed by atoms with E-state index in [4.69, 9.17) is 9.47 Å². The highest BCUT2D eigenvalue weighted by Gasteiger charge is 2.16. The first-order valence-corrected chi connectivity index (χ1v) is 6.82. The van der Waals surface area contributed by atoms with Crippen molar-refractivity contribution in [2.75, 3.05) is 32.7 Å². The van der Waals surface area contributed by atoms with E-state index in [2.05, 4.69) is 0 Å². The molecule has 0 bridgehead atoms. The van der Waals surface area contributed by atoms with Crippen molar-refractivity contribution >= 4 is 5.69 Å². The number of methoxy groups -OCH3 is 2. The normalized spacial score (nSPS) is 11.8. The Kier molecular flexibility index (Phi) is 5.06. The Balaban J connectivity index is 2.17. The molecule has 4 heteroatoms. The molecular formula is C17H21NO3. The molecule has 112 valence electrons. The zero-order valence-corrected chi connectivity index (χ0v) is 12.6. The lowest BCUT2D eigenvalue weighted by atomic mass is 10.1. The topological polar surface area (TPSA) is 41.9 Å². The van der Waals surface area contributed by atoms with Crippen LogP contribution in [0.2, 0.25) is 0 Å². The van der Waals surface area contributed by atoms with E-state index in [1.165, 1.54) is 0 Å². The van der Waals surface area contributed by atoms with Gasteiger partial charge < -0.3 is 19.5 Å². The second-order valence-electron chi connectivity index (χ2n) is 4.81. The fraction of sp³-hybridized carbons (Fsp3) is 0.294. The van der Waals surface area contributed by atoms with E-state index in [0.717, 1.165) is 17.0 Å². The molecule has 2 aromatic carbocycles. The molecule has 1 N–H and O–H groups in total. The summed E-state index contributed by atoms with van der Waals surface area (Å²) in [5.74, 6) is 1.48. The van der Waals surface area contributed by atoms with E-state index in [9.17, 15) is 5.11 Å². The molecule has 0 aliphatic heterocycles. The number of aliphatic hydroxyl groups is 1. The van der Waals surface area contributed by atoms with E-state index in [0.29, 0.717) is 12.3 Å². The summed E-state index contributed by atoms with van der Waals surface area (Å²) in [6.45, 7) is 0.445. The summed E-state index contributed by atoms with van der Waals surface area (Å²) < 4.78 is 10.6. The molecule has 21 heavy (non-hydrogen) atoms. The van der Waals surface area contributed by atoms with Crippen LogP contribution >= 0.6 is 0 Å². The molecule has 0 aromatic heterocycles. The molecule has 2 aromatic rings. The second kappa shape index (κ2) is 6.99. The summed E-state index contributed by atoms with van der Waals surface area (Å²) in [6.07, 6.45) is -0.643. The van der Waals surface area contributed by atoms with Gasteiger partial charge in [0.2, 0.25) is 0 Å². The minimum atomic E-state index is -0.643. The number of aliphatic hydroxyl groups excluding tert-OH is 1. The summed E-state index contributed by atoms with van der Waals surface area (Å²) in [7, 11) is 5.18. The number of nitrogens with zero attached hydrogens (tertiary/aromatic N) is 1. The molecule has 0 aliphatic rings. The van der Waals surface area contributed by atoms with Gasteiger partial charge in [-0.15, -0.1) is 0 Å². The van der Waals surface area contributed by atoms with Crippen molar-refractivity contribution in [2.45, 2.75) is 6.10 Å². The number of para-hydroxylation sites is 3. The van der Waals surface area contributed by atoms with Gasteiger partial charge in [-0.25, -0.2) is 0 Å². The molecular weight excluding hydrogens is 266 g/mol. The third-order valence-electron chi connectivity index (χ3n) is 3.44. The van der Waals surface area contributed by atoms with Gasteiger partial charge in [0.15, 0.2) is 0 Å². The average molecular weight is 287 g/mol. The fourth-order valence-corrected chi connectivity index (χ4v) is 2.34. The number of ether oxygens (including phenoxy) is 2. The number of likely N-dealkylation sites (N-methyl/N-ethyl adjacent to an activating group) is 1. The summed E-state index contributed by atoms with van der Waals surface area (Å²) in [5, 5.41) is 10.5. The molecule has 0 spiro atoms. The minimum absolute atomic E-state index is 0.445. The standard InChI is InChI=1S/C17H21NO3/c1-18(14-9-5-7-11-17(14)21-3)12-15(19)13-8-4-6-10-16(13)20-2/h4-11,15,19H,12H2,1-3H3. The van der Waals surface area contributed by atoms with Crippen molar-refractivity contribution in [1.29, 1.82) is 0 Å². The SMILES string of the molecule is COc1ccccc1C(O)CN(C)c1ccccc1OC. The quantitative estimate of drug-likeness (QED) is 0.887. The van der Waals surface area contributed by atoms with Crippen LogP contribution in [0, 0.1) is 0 Å². The lowest BCUT2D eigenvalue weighted by molar-refractivity contribution is 0.180. The molecule has 0 amide bonds. The minimum Gasteiger partial charge on any atom is -0.496 e.